The monoisotopic (exact) mass is 320 g/mol. The van der Waals surface area contributed by atoms with Gasteiger partial charge in [-0.3, -0.25) is 19.1 Å². The number of piperazine rings is 1. The Balaban J connectivity index is 1.57. The quantitative estimate of drug-likeness (QED) is 0.842. The highest BCUT2D eigenvalue weighted by molar-refractivity contribution is 5.79. The maximum absolute atomic E-state index is 12.3. The summed E-state index contributed by atoms with van der Waals surface area (Å²) in [4.78, 5) is 42.7. The highest BCUT2D eigenvalue weighted by Gasteiger charge is 2.30. The van der Waals surface area contributed by atoms with Crippen molar-refractivity contribution in [3.8, 4) is 0 Å². The molecule has 0 radical (unpaired) electrons. The first-order chi connectivity index (χ1) is 11.0. The lowest BCUT2D eigenvalue weighted by Gasteiger charge is -2.37. The number of hydrogen-bond acceptors (Lipinski definition) is 4. The van der Waals surface area contributed by atoms with Crippen LogP contribution in [0.25, 0.3) is 0 Å². The standard InChI is InChI=1S/C16H24N4O3/c1-12-10-14(21)20(16(23)17-12)9-7-18-6-8-19(15(22)11-18)13-4-2-3-5-13/h10,13H,2-9,11H2,1H3,(H,17,23). The number of aromatic amines is 1. The molecule has 7 heteroatoms. The molecule has 7 nitrogen and oxygen atoms in total. The molecule has 1 aliphatic heterocycles. The van der Waals surface area contributed by atoms with Crippen LogP contribution in [-0.4, -0.2) is 57.5 Å². The second kappa shape index (κ2) is 6.70. The highest BCUT2D eigenvalue weighted by atomic mass is 16.2. The summed E-state index contributed by atoms with van der Waals surface area (Å²) in [5.74, 6) is 0.174. The largest absolute Gasteiger partial charge is 0.337 e. The van der Waals surface area contributed by atoms with E-state index in [1.807, 2.05) is 9.80 Å². The van der Waals surface area contributed by atoms with Gasteiger partial charge in [0.05, 0.1) is 6.54 Å². The van der Waals surface area contributed by atoms with Gasteiger partial charge in [-0.15, -0.1) is 0 Å². The molecule has 3 rings (SSSR count). The minimum absolute atomic E-state index is 0.174. The van der Waals surface area contributed by atoms with Gasteiger partial charge in [0.1, 0.15) is 0 Å². The van der Waals surface area contributed by atoms with Crippen LogP contribution < -0.4 is 11.2 Å². The van der Waals surface area contributed by atoms with Crippen LogP contribution in [0.1, 0.15) is 31.4 Å². The van der Waals surface area contributed by atoms with E-state index in [2.05, 4.69) is 4.98 Å². The molecule has 2 aliphatic rings. The number of rotatable bonds is 4. The van der Waals surface area contributed by atoms with Crippen LogP contribution in [0.15, 0.2) is 15.7 Å². The zero-order valence-electron chi connectivity index (χ0n) is 13.6. The number of H-pyrrole nitrogens is 1. The van der Waals surface area contributed by atoms with Gasteiger partial charge in [0.15, 0.2) is 0 Å². The molecule has 1 saturated carbocycles. The molecule has 0 aromatic carbocycles. The van der Waals surface area contributed by atoms with Crippen LogP contribution in [0.3, 0.4) is 0 Å². The molecule has 126 valence electrons. The summed E-state index contributed by atoms with van der Waals surface area (Å²) >= 11 is 0. The molecule has 1 saturated heterocycles. The predicted molar refractivity (Wildman–Crippen MR) is 86.5 cm³/mol. The van der Waals surface area contributed by atoms with Crippen LogP contribution in [0.4, 0.5) is 0 Å². The van der Waals surface area contributed by atoms with Crippen molar-refractivity contribution in [2.75, 3.05) is 26.2 Å². The molecule has 0 unspecified atom stereocenters. The van der Waals surface area contributed by atoms with Crippen molar-refractivity contribution in [3.05, 3.63) is 32.6 Å². The number of carbonyl (C=O) groups excluding carboxylic acids is 1. The van der Waals surface area contributed by atoms with E-state index < -0.39 is 0 Å². The number of nitrogens with zero attached hydrogens (tertiary/aromatic N) is 3. The van der Waals surface area contributed by atoms with E-state index in [1.54, 1.807) is 6.92 Å². The Morgan fingerprint density at radius 3 is 2.52 bits per heavy atom. The number of nitrogens with one attached hydrogen (secondary N) is 1. The van der Waals surface area contributed by atoms with Gasteiger partial charge in [-0.25, -0.2) is 4.79 Å². The molecule has 2 fully saturated rings. The third-order valence-electron chi connectivity index (χ3n) is 4.90. The second-order valence-corrected chi connectivity index (χ2v) is 6.55. The summed E-state index contributed by atoms with van der Waals surface area (Å²) in [6.07, 6.45) is 4.69. The first-order valence-corrected chi connectivity index (χ1v) is 8.37. The molecular formula is C16H24N4O3. The SMILES string of the molecule is Cc1cc(=O)n(CCN2CCN(C3CCCC3)C(=O)C2)c(=O)[nH]1. The van der Waals surface area contributed by atoms with Gasteiger partial charge in [-0.2, -0.15) is 0 Å². The Labute approximate surface area is 134 Å². The van der Waals surface area contributed by atoms with E-state index in [0.717, 1.165) is 25.9 Å². The third kappa shape index (κ3) is 3.55. The second-order valence-electron chi connectivity index (χ2n) is 6.55. The van der Waals surface area contributed by atoms with Gasteiger partial charge >= 0.3 is 5.69 Å². The Bertz CT molecular complexity index is 656. The van der Waals surface area contributed by atoms with Crippen LogP contribution >= 0.6 is 0 Å². The van der Waals surface area contributed by atoms with Crippen molar-refractivity contribution < 1.29 is 4.79 Å². The van der Waals surface area contributed by atoms with E-state index >= 15 is 0 Å². The maximum atomic E-state index is 12.3. The number of aromatic nitrogens is 2. The van der Waals surface area contributed by atoms with E-state index in [0.29, 0.717) is 31.4 Å². The summed E-state index contributed by atoms with van der Waals surface area (Å²) in [7, 11) is 0. The Hall–Kier alpha value is -1.89. The molecule has 0 bridgehead atoms. The van der Waals surface area contributed by atoms with Crippen molar-refractivity contribution in [3.63, 3.8) is 0 Å². The van der Waals surface area contributed by atoms with E-state index in [9.17, 15) is 14.4 Å². The number of aryl methyl sites for hydroxylation is 1. The maximum Gasteiger partial charge on any atom is 0.328 e. The molecule has 1 aliphatic carbocycles. The molecule has 1 N–H and O–H groups in total. The third-order valence-corrected chi connectivity index (χ3v) is 4.90. The van der Waals surface area contributed by atoms with Gasteiger partial charge in [0, 0.05) is 44.0 Å². The van der Waals surface area contributed by atoms with Crippen molar-refractivity contribution in [2.45, 2.75) is 45.2 Å². The molecule has 0 spiro atoms. The highest BCUT2D eigenvalue weighted by Crippen LogP contribution is 2.24. The van der Waals surface area contributed by atoms with E-state index in [4.69, 9.17) is 0 Å². The van der Waals surface area contributed by atoms with Gasteiger partial charge in [0.2, 0.25) is 5.91 Å². The smallest absolute Gasteiger partial charge is 0.328 e. The summed E-state index contributed by atoms with van der Waals surface area (Å²) in [6, 6.07) is 1.84. The van der Waals surface area contributed by atoms with Crippen molar-refractivity contribution in [1.29, 1.82) is 0 Å². The fourth-order valence-corrected chi connectivity index (χ4v) is 3.62. The van der Waals surface area contributed by atoms with Gasteiger partial charge < -0.3 is 9.88 Å². The molecule has 2 heterocycles. The van der Waals surface area contributed by atoms with Crippen molar-refractivity contribution in [2.24, 2.45) is 0 Å². The number of amides is 1. The Morgan fingerprint density at radius 2 is 1.87 bits per heavy atom. The lowest BCUT2D eigenvalue weighted by molar-refractivity contribution is -0.138. The molecule has 1 aromatic rings. The Morgan fingerprint density at radius 1 is 1.13 bits per heavy atom. The number of carbonyl (C=O) groups is 1. The topological polar surface area (TPSA) is 78.4 Å². The first-order valence-electron chi connectivity index (χ1n) is 8.37. The van der Waals surface area contributed by atoms with Crippen molar-refractivity contribution >= 4 is 5.91 Å². The zero-order chi connectivity index (χ0) is 16.4. The van der Waals surface area contributed by atoms with E-state index in [1.165, 1.54) is 23.5 Å². The van der Waals surface area contributed by atoms with Gasteiger partial charge in [0.25, 0.3) is 5.56 Å². The molecule has 1 aromatic heterocycles. The normalized spacial score (nSPS) is 20.4. The molecular weight excluding hydrogens is 296 g/mol. The zero-order valence-corrected chi connectivity index (χ0v) is 13.6. The average Bonchev–Trinajstić information content (AvgIpc) is 3.00. The predicted octanol–water partition coefficient (Wildman–Crippen LogP) is -0.0682. The molecule has 0 atom stereocenters. The lowest BCUT2D eigenvalue weighted by atomic mass is 10.1. The van der Waals surface area contributed by atoms with Crippen LogP contribution in [0.5, 0.6) is 0 Å². The summed E-state index contributed by atoms with van der Waals surface area (Å²) < 4.78 is 1.20. The molecule has 1 amide bonds. The van der Waals surface area contributed by atoms with Crippen LogP contribution in [0, 0.1) is 6.92 Å². The Kier molecular flexibility index (Phi) is 4.66. The summed E-state index contributed by atoms with van der Waals surface area (Å²) in [5.41, 5.74) is -0.107. The first kappa shape index (κ1) is 16.0. The minimum atomic E-state index is -0.383. The number of hydrogen-bond donors (Lipinski definition) is 1. The fourth-order valence-electron chi connectivity index (χ4n) is 3.62. The van der Waals surface area contributed by atoms with Gasteiger partial charge in [-0.1, -0.05) is 12.8 Å². The van der Waals surface area contributed by atoms with Crippen molar-refractivity contribution in [1.82, 2.24) is 19.4 Å². The van der Waals surface area contributed by atoms with Crippen LogP contribution in [-0.2, 0) is 11.3 Å². The lowest BCUT2D eigenvalue weighted by Crippen LogP contribution is -2.54. The average molecular weight is 320 g/mol. The summed E-state index contributed by atoms with van der Waals surface area (Å²) in [6.45, 7) is 4.48. The fraction of sp³-hybridized carbons (Fsp3) is 0.688. The molecule has 23 heavy (non-hydrogen) atoms. The van der Waals surface area contributed by atoms with E-state index in [-0.39, 0.29) is 17.2 Å². The van der Waals surface area contributed by atoms with Crippen LogP contribution in [0.2, 0.25) is 0 Å². The minimum Gasteiger partial charge on any atom is -0.337 e. The van der Waals surface area contributed by atoms with Gasteiger partial charge in [-0.05, 0) is 19.8 Å². The summed E-state index contributed by atoms with van der Waals surface area (Å²) in [5, 5.41) is 0.